The summed E-state index contributed by atoms with van der Waals surface area (Å²) in [6, 6.07) is 0. The number of hydrogen-bond donors (Lipinski definition) is 0. The maximum atomic E-state index is 10.9. The molecule has 0 radical (unpaired) electrons. The second-order valence-corrected chi connectivity index (χ2v) is 6.70. The number of carbonyl (C=O) groups is 1. The van der Waals surface area contributed by atoms with Gasteiger partial charge < -0.3 is 4.74 Å². The van der Waals surface area contributed by atoms with Crippen molar-refractivity contribution in [3.05, 3.63) is 0 Å². The van der Waals surface area contributed by atoms with Gasteiger partial charge in [0.1, 0.15) is 0 Å². The first-order valence-corrected chi connectivity index (χ1v) is 9.48. The molecule has 124 valence electrons. The topological polar surface area (TPSA) is 26.3 Å². The zero-order chi connectivity index (χ0) is 15.2. The van der Waals surface area contributed by atoms with Crippen LogP contribution in [0.25, 0.3) is 0 Å². The molecule has 21 heavy (non-hydrogen) atoms. The minimum absolute atomic E-state index is 0.0628. The van der Waals surface area contributed by atoms with Gasteiger partial charge in [-0.3, -0.25) is 4.79 Å². The van der Waals surface area contributed by atoms with Gasteiger partial charge in [-0.1, -0.05) is 90.4 Å². The van der Waals surface area contributed by atoms with Crippen LogP contribution in [0.1, 0.15) is 103 Å². The van der Waals surface area contributed by atoms with Gasteiger partial charge in [-0.25, -0.2) is 0 Å². The molecule has 0 saturated heterocycles. The first-order valence-electron chi connectivity index (χ1n) is 9.48. The van der Waals surface area contributed by atoms with Gasteiger partial charge >= 0.3 is 5.97 Å². The summed E-state index contributed by atoms with van der Waals surface area (Å²) in [5, 5.41) is 0. The molecule has 0 atom stereocenters. The lowest BCUT2D eigenvalue weighted by Gasteiger charge is -2.04. The number of rotatable bonds is 15. The third-order valence-electron chi connectivity index (χ3n) is 4.51. The summed E-state index contributed by atoms with van der Waals surface area (Å²) in [5.74, 6) is 1.06. The van der Waals surface area contributed by atoms with E-state index in [-0.39, 0.29) is 5.97 Å². The van der Waals surface area contributed by atoms with Crippen LogP contribution in [-0.4, -0.2) is 12.6 Å². The van der Waals surface area contributed by atoms with E-state index in [4.69, 9.17) is 4.74 Å². The molecule has 1 rings (SSSR count). The Morgan fingerprint density at radius 3 is 1.76 bits per heavy atom. The van der Waals surface area contributed by atoms with Crippen LogP contribution in [0.15, 0.2) is 0 Å². The minimum Gasteiger partial charge on any atom is -0.466 e. The molecule has 1 aliphatic carbocycles. The highest BCUT2D eigenvalue weighted by molar-refractivity contribution is 5.68. The van der Waals surface area contributed by atoms with Gasteiger partial charge in [0.05, 0.1) is 6.61 Å². The van der Waals surface area contributed by atoms with Crippen LogP contribution in [0.3, 0.4) is 0 Å². The predicted molar refractivity (Wildman–Crippen MR) is 89.4 cm³/mol. The maximum Gasteiger partial charge on any atom is 0.305 e. The first kappa shape index (κ1) is 18.5. The van der Waals surface area contributed by atoms with E-state index in [0.29, 0.717) is 13.0 Å². The standard InChI is InChI=1S/C19H36O2/c1-2-19(20)21-17-13-11-9-7-5-3-4-6-8-10-12-14-18-15-16-18/h18H,2-17H2,1H3. The maximum absolute atomic E-state index is 10.9. The molecule has 0 aliphatic heterocycles. The van der Waals surface area contributed by atoms with Gasteiger partial charge in [0, 0.05) is 6.42 Å². The molecule has 1 aliphatic rings. The summed E-state index contributed by atoms with van der Waals surface area (Å²) in [7, 11) is 0. The smallest absolute Gasteiger partial charge is 0.305 e. The average Bonchev–Trinajstić information content (AvgIpc) is 3.31. The number of unbranched alkanes of at least 4 members (excludes halogenated alkanes) is 10. The van der Waals surface area contributed by atoms with E-state index in [1.54, 1.807) is 0 Å². The highest BCUT2D eigenvalue weighted by Gasteiger charge is 2.19. The lowest BCUT2D eigenvalue weighted by molar-refractivity contribution is -0.143. The summed E-state index contributed by atoms with van der Waals surface area (Å²) < 4.78 is 5.06. The van der Waals surface area contributed by atoms with Crippen molar-refractivity contribution in [2.75, 3.05) is 6.61 Å². The van der Waals surface area contributed by atoms with Gasteiger partial charge in [0.2, 0.25) is 0 Å². The summed E-state index contributed by atoms with van der Waals surface area (Å²) in [4.78, 5) is 10.9. The molecule has 0 bridgehead atoms. The van der Waals surface area contributed by atoms with Gasteiger partial charge in [-0.2, -0.15) is 0 Å². The molecule has 0 aromatic rings. The highest BCUT2D eigenvalue weighted by atomic mass is 16.5. The van der Waals surface area contributed by atoms with Crippen LogP contribution < -0.4 is 0 Å². The van der Waals surface area contributed by atoms with Gasteiger partial charge in [-0.15, -0.1) is 0 Å². The SMILES string of the molecule is CCC(=O)OCCCCCCCCCCCCCC1CC1. The van der Waals surface area contributed by atoms with E-state index in [0.717, 1.165) is 12.3 Å². The fourth-order valence-corrected chi connectivity index (χ4v) is 2.82. The Balaban J connectivity index is 1.64. The normalized spacial score (nSPS) is 14.3. The van der Waals surface area contributed by atoms with Crippen molar-refractivity contribution < 1.29 is 9.53 Å². The molecule has 0 heterocycles. The Labute approximate surface area is 132 Å². The van der Waals surface area contributed by atoms with E-state index < -0.39 is 0 Å². The Hall–Kier alpha value is -0.530. The number of hydrogen-bond acceptors (Lipinski definition) is 2. The van der Waals surface area contributed by atoms with Crippen molar-refractivity contribution >= 4 is 5.97 Å². The van der Waals surface area contributed by atoms with E-state index in [9.17, 15) is 4.79 Å². The molecular formula is C19H36O2. The van der Waals surface area contributed by atoms with Crippen molar-refractivity contribution in [3.8, 4) is 0 Å². The van der Waals surface area contributed by atoms with Crippen LogP contribution in [0.2, 0.25) is 0 Å². The summed E-state index contributed by atoms with van der Waals surface area (Å²) >= 11 is 0. The summed E-state index contributed by atoms with van der Waals surface area (Å²) in [5.41, 5.74) is 0. The van der Waals surface area contributed by atoms with Crippen LogP contribution in [0, 0.1) is 5.92 Å². The van der Waals surface area contributed by atoms with E-state index in [2.05, 4.69) is 0 Å². The molecule has 0 aromatic heterocycles. The summed E-state index contributed by atoms with van der Waals surface area (Å²) in [6.45, 7) is 2.46. The largest absolute Gasteiger partial charge is 0.466 e. The van der Waals surface area contributed by atoms with Gasteiger partial charge in [-0.05, 0) is 12.3 Å². The van der Waals surface area contributed by atoms with Crippen molar-refractivity contribution in [1.82, 2.24) is 0 Å². The van der Waals surface area contributed by atoms with Crippen molar-refractivity contribution in [2.24, 2.45) is 5.92 Å². The monoisotopic (exact) mass is 296 g/mol. The molecule has 0 spiro atoms. The lowest BCUT2D eigenvalue weighted by atomic mass is 10.0. The molecule has 2 nitrogen and oxygen atoms in total. The lowest BCUT2D eigenvalue weighted by Crippen LogP contribution is -2.03. The Kier molecular flexibility index (Phi) is 11.6. The predicted octanol–water partition coefficient (Wildman–Crippen LogP) is 6.03. The van der Waals surface area contributed by atoms with E-state index >= 15 is 0 Å². The first-order chi connectivity index (χ1) is 10.3. The minimum atomic E-state index is -0.0628. The van der Waals surface area contributed by atoms with E-state index in [1.807, 2.05) is 6.92 Å². The third-order valence-corrected chi connectivity index (χ3v) is 4.51. The van der Waals surface area contributed by atoms with Crippen LogP contribution in [0.5, 0.6) is 0 Å². The second kappa shape index (κ2) is 13.2. The van der Waals surface area contributed by atoms with Crippen molar-refractivity contribution in [2.45, 2.75) is 103 Å². The zero-order valence-corrected chi connectivity index (χ0v) is 14.2. The number of esters is 1. The highest BCUT2D eigenvalue weighted by Crippen LogP contribution is 2.34. The third kappa shape index (κ3) is 12.9. The number of carbonyl (C=O) groups excluding carboxylic acids is 1. The molecule has 0 unspecified atom stereocenters. The Bertz CT molecular complexity index is 246. The molecule has 1 saturated carbocycles. The fraction of sp³-hybridized carbons (Fsp3) is 0.947. The second-order valence-electron chi connectivity index (χ2n) is 6.70. The molecular weight excluding hydrogens is 260 g/mol. The fourth-order valence-electron chi connectivity index (χ4n) is 2.82. The number of ether oxygens (including phenoxy) is 1. The Morgan fingerprint density at radius 1 is 0.810 bits per heavy atom. The van der Waals surface area contributed by atoms with Crippen molar-refractivity contribution in [1.29, 1.82) is 0 Å². The molecule has 0 aromatic carbocycles. The molecule has 2 heteroatoms. The quantitative estimate of drug-likeness (QED) is 0.272. The van der Waals surface area contributed by atoms with Crippen LogP contribution >= 0.6 is 0 Å². The van der Waals surface area contributed by atoms with Crippen LogP contribution in [-0.2, 0) is 9.53 Å². The molecule has 1 fully saturated rings. The summed E-state index contributed by atoms with van der Waals surface area (Å²) in [6.07, 6.45) is 20.0. The van der Waals surface area contributed by atoms with Crippen molar-refractivity contribution in [3.63, 3.8) is 0 Å². The molecule has 0 N–H and O–H groups in total. The molecule has 0 amide bonds. The van der Waals surface area contributed by atoms with Gasteiger partial charge in [0.25, 0.3) is 0 Å². The van der Waals surface area contributed by atoms with E-state index in [1.165, 1.54) is 83.5 Å². The van der Waals surface area contributed by atoms with Crippen LogP contribution in [0.4, 0.5) is 0 Å². The Morgan fingerprint density at radius 2 is 1.29 bits per heavy atom. The zero-order valence-electron chi connectivity index (χ0n) is 14.2. The average molecular weight is 296 g/mol. The van der Waals surface area contributed by atoms with Gasteiger partial charge in [0.15, 0.2) is 0 Å².